The molecule has 1 aromatic heterocycles. The zero-order chi connectivity index (χ0) is 12.3. The first-order chi connectivity index (χ1) is 8.22. The van der Waals surface area contributed by atoms with Crippen molar-refractivity contribution in [2.45, 2.75) is 19.8 Å². The van der Waals surface area contributed by atoms with Gasteiger partial charge < -0.3 is 10.6 Å². The van der Waals surface area contributed by atoms with Crippen molar-refractivity contribution < 1.29 is 0 Å². The van der Waals surface area contributed by atoms with E-state index in [4.69, 9.17) is 11.0 Å². The lowest BCUT2D eigenvalue weighted by Crippen LogP contribution is -2.36. The summed E-state index contributed by atoms with van der Waals surface area (Å²) >= 11 is 0. The SMILES string of the molecule is Cc1cc(C#N)cc(N2CCC(CN)CC2)n1. The molecular weight excluding hydrogens is 212 g/mol. The van der Waals surface area contributed by atoms with Crippen molar-refractivity contribution in [3.63, 3.8) is 0 Å². The van der Waals surface area contributed by atoms with Gasteiger partial charge in [0.05, 0.1) is 11.6 Å². The van der Waals surface area contributed by atoms with Crippen molar-refractivity contribution in [2.24, 2.45) is 11.7 Å². The molecule has 0 saturated carbocycles. The summed E-state index contributed by atoms with van der Waals surface area (Å²) in [5.74, 6) is 1.57. The van der Waals surface area contributed by atoms with Crippen LogP contribution in [0.1, 0.15) is 24.1 Å². The Labute approximate surface area is 102 Å². The Morgan fingerprint density at radius 2 is 2.18 bits per heavy atom. The van der Waals surface area contributed by atoms with Crippen LogP contribution < -0.4 is 10.6 Å². The van der Waals surface area contributed by atoms with Crippen molar-refractivity contribution in [3.05, 3.63) is 23.4 Å². The van der Waals surface area contributed by atoms with Crippen LogP contribution in [0.4, 0.5) is 5.82 Å². The smallest absolute Gasteiger partial charge is 0.130 e. The van der Waals surface area contributed by atoms with Crippen LogP contribution in [0.25, 0.3) is 0 Å². The third-order valence-corrected chi connectivity index (χ3v) is 3.34. The molecule has 0 radical (unpaired) electrons. The lowest BCUT2D eigenvalue weighted by Gasteiger charge is -2.32. The number of rotatable bonds is 2. The first-order valence-electron chi connectivity index (χ1n) is 6.06. The predicted molar refractivity (Wildman–Crippen MR) is 67.7 cm³/mol. The molecule has 0 bridgehead atoms. The molecule has 1 fully saturated rings. The van der Waals surface area contributed by atoms with Crippen molar-refractivity contribution in [1.82, 2.24) is 4.98 Å². The number of nitrogens with two attached hydrogens (primary N) is 1. The second kappa shape index (κ2) is 5.15. The molecule has 1 aromatic rings. The number of piperidine rings is 1. The Kier molecular flexibility index (Phi) is 3.60. The number of anilines is 1. The number of hydrogen-bond acceptors (Lipinski definition) is 4. The van der Waals surface area contributed by atoms with Crippen LogP contribution in [0.3, 0.4) is 0 Å². The molecule has 90 valence electrons. The van der Waals surface area contributed by atoms with Gasteiger partial charge in [-0.2, -0.15) is 5.26 Å². The molecule has 0 amide bonds. The van der Waals surface area contributed by atoms with Crippen molar-refractivity contribution in [3.8, 4) is 6.07 Å². The van der Waals surface area contributed by atoms with Gasteiger partial charge in [0, 0.05) is 18.8 Å². The molecule has 4 nitrogen and oxygen atoms in total. The van der Waals surface area contributed by atoms with Crippen molar-refractivity contribution in [1.29, 1.82) is 5.26 Å². The second-order valence-electron chi connectivity index (χ2n) is 4.63. The summed E-state index contributed by atoms with van der Waals surface area (Å²) in [5.41, 5.74) is 7.27. The topological polar surface area (TPSA) is 65.9 Å². The van der Waals surface area contributed by atoms with Crippen LogP contribution in [-0.2, 0) is 0 Å². The molecule has 4 heteroatoms. The van der Waals surface area contributed by atoms with E-state index in [2.05, 4.69) is 16.0 Å². The summed E-state index contributed by atoms with van der Waals surface area (Å²) in [6, 6.07) is 5.87. The Bertz CT molecular complexity index is 428. The summed E-state index contributed by atoms with van der Waals surface area (Å²) in [4.78, 5) is 6.75. The fourth-order valence-corrected chi connectivity index (χ4v) is 2.28. The van der Waals surface area contributed by atoms with Crippen LogP contribution in [0.15, 0.2) is 12.1 Å². The number of nitrogens with zero attached hydrogens (tertiary/aromatic N) is 3. The van der Waals surface area contributed by atoms with Crippen LogP contribution >= 0.6 is 0 Å². The van der Waals surface area contributed by atoms with E-state index >= 15 is 0 Å². The normalized spacial score (nSPS) is 16.9. The van der Waals surface area contributed by atoms with E-state index in [0.29, 0.717) is 11.5 Å². The Hall–Kier alpha value is -1.60. The fourth-order valence-electron chi connectivity index (χ4n) is 2.28. The minimum Gasteiger partial charge on any atom is -0.357 e. The van der Waals surface area contributed by atoms with Crippen molar-refractivity contribution >= 4 is 5.82 Å². The summed E-state index contributed by atoms with van der Waals surface area (Å²) < 4.78 is 0. The lowest BCUT2D eigenvalue weighted by atomic mass is 9.97. The van der Waals surface area contributed by atoms with Gasteiger partial charge in [0.15, 0.2) is 0 Å². The molecule has 0 aromatic carbocycles. The fraction of sp³-hybridized carbons (Fsp3) is 0.538. The van der Waals surface area contributed by atoms with Gasteiger partial charge >= 0.3 is 0 Å². The first kappa shape index (κ1) is 11.9. The highest BCUT2D eigenvalue weighted by Crippen LogP contribution is 2.22. The molecule has 0 atom stereocenters. The van der Waals surface area contributed by atoms with Gasteiger partial charge in [0.25, 0.3) is 0 Å². The Morgan fingerprint density at radius 1 is 1.47 bits per heavy atom. The predicted octanol–water partition coefficient (Wildman–Crippen LogP) is 1.44. The summed E-state index contributed by atoms with van der Waals surface area (Å²) in [6.45, 7) is 4.68. The molecular formula is C13H18N4. The number of nitriles is 1. The summed E-state index contributed by atoms with van der Waals surface area (Å²) in [6.07, 6.45) is 2.24. The van der Waals surface area contributed by atoms with Crippen LogP contribution in [0.2, 0.25) is 0 Å². The third kappa shape index (κ3) is 2.75. The van der Waals surface area contributed by atoms with Gasteiger partial charge in [-0.05, 0) is 44.4 Å². The van der Waals surface area contributed by atoms with Crippen LogP contribution in [0.5, 0.6) is 0 Å². The average molecular weight is 230 g/mol. The highest BCUT2D eigenvalue weighted by molar-refractivity contribution is 5.46. The molecule has 1 aliphatic rings. The molecule has 0 unspecified atom stereocenters. The third-order valence-electron chi connectivity index (χ3n) is 3.34. The van der Waals surface area contributed by atoms with E-state index in [1.54, 1.807) is 0 Å². The van der Waals surface area contributed by atoms with Crippen molar-refractivity contribution in [2.75, 3.05) is 24.5 Å². The van der Waals surface area contributed by atoms with E-state index in [1.807, 2.05) is 19.1 Å². The van der Waals surface area contributed by atoms with Gasteiger partial charge in [-0.3, -0.25) is 0 Å². The van der Waals surface area contributed by atoms with Gasteiger partial charge in [-0.25, -0.2) is 4.98 Å². The van der Waals surface area contributed by atoms with E-state index in [-0.39, 0.29) is 0 Å². The van der Waals surface area contributed by atoms with E-state index in [1.165, 1.54) is 0 Å². The number of pyridine rings is 1. The quantitative estimate of drug-likeness (QED) is 0.834. The second-order valence-corrected chi connectivity index (χ2v) is 4.63. The maximum absolute atomic E-state index is 8.95. The first-order valence-corrected chi connectivity index (χ1v) is 6.06. The molecule has 0 aliphatic carbocycles. The maximum atomic E-state index is 8.95. The number of aromatic nitrogens is 1. The zero-order valence-electron chi connectivity index (χ0n) is 10.2. The summed E-state index contributed by atoms with van der Waals surface area (Å²) in [7, 11) is 0. The molecule has 17 heavy (non-hydrogen) atoms. The number of aryl methyl sites for hydroxylation is 1. The average Bonchev–Trinajstić information content (AvgIpc) is 2.38. The number of hydrogen-bond donors (Lipinski definition) is 1. The van der Waals surface area contributed by atoms with Gasteiger partial charge in [-0.1, -0.05) is 0 Å². The molecule has 2 rings (SSSR count). The molecule has 1 saturated heterocycles. The monoisotopic (exact) mass is 230 g/mol. The van der Waals surface area contributed by atoms with E-state index in [0.717, 1.165) is 44.0 Å². The van der Waals surface area contributed by atoms with Gasteiger partial charge in [-0.15, -0.1) is 0 Å². The van der Waals surface area contributed by atoms with Crippen LogP contribution in [0, 0.1) is 24.2 Å². The molecule has 2 heterocycles. The van der Waals surface area contributed by atoms with E-state index < -0.39 is 0 Å². The Balaban J connectivity index is 2.13. The highest BCUT2D eigenvalue weighted by Gasteiger charge is 2.19. The lowest BCUT2D eigenvalue weighted by molar-refractivity contribution is 0.413. The standard InChI is InChI=1S/C13H18N4/c1-10-6-12(9-15)7-13(16-10)17-4-2-11(8-14)3-5-17/h6-7,11H,2-5,8,14H2,1H3. The van der Waals surface area contributed by atoms with Crippen LogP contribution in [-0.4, -0.2) is 24.6 Å². The van der Waals surface area contributed by atoms with Gasteiger partial charge in [0.1, 0.15) is 5.82 Å². The molecule has 1 aliphatic heterocycles. The minimum absolute atomic E-state index is 0.645. The maximum Gasteiger partial charge on any atom is 0.130 e. The summed E-state index contributed by atoms with van der Waals surface area (Å²) in [5, 5.41) is 8.95. The minimum atomic E-state index is 0.645. The molecule has 2 N–H and O–H groups in total. The van der Waals surface area contributed by atoms with Gasteiger partial charge in [0.2, 0.25) is 0 Å². The molecule has 0 spiro atoms. The highest BCUT2D eigenvalue weighted by atomic mass is 15.2. The zero-order valence-corrected chi connectivity index (χ0v) is 10.2. The van der Waals surface area contributed by atoms with E-state index in [9.17, 15) is 0 Å². The largest absolute Gasteiger partial charge is 0.357 e. The Morgan fingerprint density at radius 3 is 2.76 bits per heavy atom.